The van der Waals surface area contributed by atoms with E-state index in [-0.39, 0.29) is 69.6 Å². The van der Waals surface area contributed by atoms with Crippen molar-refractivity contribution < 1.29 is 38.2 Å². The monoisotopic (exact) mass is 707 g/mol. The summed E-state index contributed by atoms with van der Waals surface area (Å²) in [6, 6.07) is 17.3. The van der Waals surface area contributed by atoms with Gasteiger partial charge in [-0.3, -0.25) is 43.6 Å². The number of ketones is 3. The number of amides is 1. The molecule has 1 aliphatic heterocycles. The quantitative estimate of drug-likeness (QED) is 0.239. The van der Waals surface area contributed by atoms with E-state index in [4.69, 9.17) is 9.47 Å². The highest BCUT2D eigenvalue weighted by atomic mass is 16.5. The largest absolute Gasteiger partial charge is 0.461 e. The molecule has 1 fully saturated rings. The van der Waals surface area contributed by atoms with Crippen molar-refractivity contribution in [2.24, 2.45) is 0 Å². The summed E-state index contributed by atoms with van der Waals surface area (Å²) >= 11 is 0. The maximum atomic E-state index is 13.5. The number of carbonyl (C=O) groups is 6. The second kappa shape index (κ2) is 22.5. The smallest absolute Gasteiger partial charge is 0.328 e. The number of hydrogen-bond donors (Lipinski definition) is 1. The first-order valence-electron chi connectivity index (χ1n) is 17.5. The average Bonchev–Trinajstić information content (AvgIpc) is 3.09. The molecule has 51 heavy (non-hydrogen) atoms. The number of Topliss-reactive ketones (excluding diaryl/α,β-unsaturated/α-hetero) is 3. The number of nitrogens with one attached hydrogen (secondary N) is 1. The van der Waals surface area contributed by atoms with Gasteiger partial charge in [-0.2, -0.15) is 0 Å². The SMILES string of the molecule is CC(=O)CN1CCN(CC(C)=O)CCN(CC(=O)N[C@@H](CCC(=O)OCc2ccccc2)C(=O)OCc2ccccc2)CCN(CC(C)=O)CC1. The fourth-order valence-corrected chi connectivity index (χ4v) is 5.75. The maximum Gasteiger partial charge on any atom is 0.328 e. The van der Waals surface area contributed by atoms with Crippen LogP contribution in [0, 0.1) is 0 Å². The van der Waals surface area contributed by atoms with Crippen molar-refractivity contribution in [3.63, 3.8) is 0 Å². The topological polar surface area (TPSA) is 146 Å². The molecule has 13 nitrogen and oxygen atoms in total. The molecule has 0 unspecified atom stereocenters. The average molecular weight is 708 g/mol. The molecule has 0 saturated carbocycles. The number of esters is 2. The third-order valence-electron chi connectivity index (χ3n) is 8.36. The Labute approximate surface area is 301 Å². The van der Waals surface area contributed by atoms with Crippen LogP contribution in [0.4, 0.5) is 0 Å². The number of carbonyl (C=O) groups excluding carboxylic acids is 6. The van der Waals surface area contributed by atoms with Crippen LogP contribution in [-0.4, -0.2) is 139 Å². The molecule has 1 aliphatic rings. The lowest BCUT2D eigenvalue weighted by atomic mass is 10.1. The summed E-state index contributed by atoms with van der Waals surface area (Å²) in [5.74, 6) is -1.53. The zero-order valence-corrected chi connectivity index (χ0v) is 30.2. The molecular formula is C38H53N5O8. The third kappa shape index (κ3) is 17.5. The number of ether oxygens (including phenoxy) is 2. The molecule has 2 aromatic carbocycles. The molecule has 0 bridgehead atoms. The molecule has 1 atom stereocenters. The van der Waals surface area contributed by atoms with Crippen LogP contribution in [0.2, 0.25) is 0 Å². The summed E-state index contributed by atoms with van der Waals surface area (Å²) in [6.07, 6.45) is -0.120. The number of hydrogen-bond acceptors (Lipinski definition) is 12. The molecule has 2 aromatic rings. The van der Waals surface area contributed by atoms with Crippen molar-refractivity contribution in [3.05, 3.63) is 71.8 Å². The van der Waals surface area contributed by atoms with Gasteiger partial charge in [0, 0.05) is 58.8 Å². The van der Waals surface area contributed by atoms with E-state index in [0.717, 1.165) is 11.1 Å². The van der Waals surface area contributed by atoms with Gasteiger partial charge in [0.25, 0.3) is 0 Å². The van der Waals surface area contributed by atoms with Crippen molar-refractivity contribution >= 4 is 35.2 Å². The van der Waals surface area contributed by atoms with E-state index < -0.39 is 23.9 Å². The van der Waals surface area contributed by atoms with Crippen LogP contribution in [0.1, 0.15) is 44.7 Å². The fourth-order valence-electron chi connectivity index (χ4n) is 5.75. The Bertz CT molecular complexity index is 1390. The van der Waals surface area contributed by atoms with Crippen molar-refractivity contribution in [2.45, 2.75) is 52.9 Å². The lowest BCUT2D eigenvalue weighted by Gasteiger charge is -2.33. The second-order valence-electron chi connectivity index (χ2n) is 13.1. The normalized spacial score (nSPS) is 16.2. The maximum absolute atomic E-state index is 13.5. The molecule has 0 aliphatic carbocycles. The Morgan fingerprint density at radius 3 is 1.33 bits per heavy atom. The van der Waals surface area contributed by atoms with Crippen LogP contribution in [0.15, 0.2) is 60.7 Å². The Hall–Kier alpha value is -4.30. The van der Waals surface area contributed by atoms with E-state index >= 15 is 0 Å². The summed E-state index contributed by atoms with van der Waals surface area (Å²) in [5.41, 5.74) is 1.62. The van der Waals surface area contributed by atoms with Gasteiger partial charge in [-0.15, -0.1) is 0 Å². The zero-order chi connectivity index (χ0) is 37.0. The van der Waals surface area contributed by atoms with Gasteiger partial charge >= 0.3 is 11.9 Å². The van der Waals surface area contributed by atoms with Crippen LogP contribution in [0.3, 0.4) is 0 Å². The van der Waals surface area contributed by atoms with E-state index in [9.17, 15) is 28.8 Å². The van der Waals surface area contributed by atoms with Gasteiger partial charge in [0.15, 0.2) is 0 Å². The molecule has 0 radical (unpaired) electrons. The Morgan fingerprint density at radius 2 is 0.941 bits per heavy atom. The minimum atomic E-state index is -1.09. The van der Waals surface area contributed by atoms with E-state index in [1.807, 2.05) is 80.3 Å². The number of rotatable bonds is 17. The van der Waals surface area contributed by atoms with Gasteiger partial charge in [0.05, 0.1) is 26.2 Å². The van der Waals surface area contributed by atoms with Gasteiger partial charge in [0.1, 0.15) is 36.6 Å². The van der Waals surface area contributed by atoms with Crippen molar-refractivity contribution in [2.75, 3.05) is 78.5 Å². The third-order valence-corrected chi connectivity index (χ3v) is 8.36. The van der Waals surface area contributed by atoms with E-state index in [1.165, 1.54) is 13.8 Å². The molecule has 1 saturated heterocycles. The van der Waals surface area contributed by atoms with Crippen LogP contribution in [0.5, 0.6) is 0 Å². The molecule has 1 N–H and O–H groups in total. The standard InChI is InChI=1S/C38H53N5O8/c1-30(44)24-40-16-18-41(25-31(2)45)20-22-43(23-21-42(19-17-40)26-32(3)46)27-36(47)39-35(38(49)51-29-34-12-8-5-9-13-34)14-15-37(48)50-28-33-10-6-4-7-11-33/h4-13,35H,14-29H2,1-3H3,(H,39,47)/t35-/m0/s1. The lowest BCUT2D eigenvalue weighted by molar-refractivity contribution is -0.150. The molecule has 0 spiro atoms. The van der Waals surface area contributed by atoms with Crippen LogP contribution >= 0.6 is 0 Å². The molecule has 0 aromatic heterocycles. The van der Waals surface area contributed by atoms with Crippen molar-refractivity contribution in [3.8, 4) is 0 Å². The van der Waals surface area contributed by atoms with Gasteiger partial charge in [-0.25, -0.2) is 4.79 Å². The van der Waals surface area contributed by atoms with Crippen LogP contribution in [0.25, 0.3) is 0 Å². The summed E-state index contributed by atoms with van der Waals surface area (Å²) < 4.78 is 10.9. The van der Waals surface area contributed by atoms with Gasteiger partial charge in [0.2, 0.25) is 5.91 Å². The Balaban J connectivity index is 1.70. The lowest BCUT2D eigenvalue weighted by Crippen LogP contribution is -2.51. The summed E-state index contributed by atoms with van der Waals surface area (Å²) in [4.78, 5) is 83.6. The Morgan fingerprint density at radius 1 is 0.569 bits per heavy atom. The highest BCUT2D eigenvalue weighted by Gasteiger charge is 2.26. The first-order chi connectivity index (χ1) is 24.5. The molecule has 3 rings (SSSR count). The van der Waals surface area contributed by atoms with Crippen molar-refractivity contribution in [1.82, 2.24) is 24.9 Å². The van der Waals surface area contributed by atoms with Gasteiger partial charge < -0.3 is 14.8 Å². The van der Waals surface area contributed by atoms with Crippen molar-refractivity contribution in [1.29, 1.82) is 0 Å². The van der Waals surface area contributed by atoms with Crippen LogP contribution < -0.4 is 5.32 Å². The Kier molecular flexibility index (Phi) is 18.1. The number of nitrogens with zero attached hydrogens (tertiary/aromatic N) is 4. The first kappa shape index (κ1) is 41.1. The van der Waals surface area contributed by atoms with Crippen LogP contribution in [-0.2, 0) is 51.5 Å². The molecular weight excluding hydrogens is 654 g/mol. The number of benzene rings is 2. The second-order valence-corrected chi connectivity index (χ2v) is 13.1. The molecule has 1 heterocycles. The summed E-state index contributed by atoms with van der Waals surface area (Å²) in [7, 11) is 0. The van der Waals surface area contributed by atoms with Gasteiger partial charge in [-0.1, -0.05) is 60.7 Å². The van der Waals surface area contributed by atoms with Gasteiger partial charge in [-0.05, 0) is 38.3 Å². The highest BCUT2D eigenvalue weighted by molar-refractivity contribution is 5.86. The summed E-state index contributed by atoms with van der Waals surface area (Å²) in [6.45, 7) is 9.52. The molecule has 278 valence electrons. The predicted molar refractivity (Wildman–Crippen MR) is 191 cm³/mol. The van der Waals surface area contributed by atoms with E-state index in [0.29, 0.717) is 52.4 Å². The summed E-state index contributed by atoms with van der Waals surface area (Å²) in [5, 5.41) is 2.79. The highest BCUT2D eigenvalue weighted by Crippen LogP contribution is 2.09. The minimum absolute atomic E-state index is 0.0105. The predicted octanol–water partition coefficient (Wildman–Crippen LogP) is 1.73. The fraction of sp³-hybridized carbons (Fsp3) is 0.526. The van der Waals surface area contributed by atoms with E-state index in [2.05, 4.69) is 5.32 Å². The molecule has 1 amide bonds. The first-order valence-corrected chi connectivity index (χ1v) is 17.5. The zero-order valence-electron chi connectivity index (χ0n) is 30.2. The molecule has 13 heteroatoms. The minimum Gasteiger partial charge on any atom is -0.461 e. The van der Waals surface area contributed by atoms with E-state index in [1.54, 1.807) is 6.92 Å².